The van der Waals surface area contributed by atoms with Crippen molar-refractivity contribution in [2.24, 2.45) is 5.73 Å². The quantitative estimate of drug-likeness (QED) is 0.825. The summed E-state index contributed by atoms with van der Waals surface area (Å²) in [5, 5.41) is 0. The highest BCUT2D eigenvalue weighted by atomic mass is 32.1. The summed E-state index contributed by atoms with van der Waals surface area (Å²) in [6.07, 6.45) is 1.18. The van der Waals surface area contributed by atoms with E-state index in [2.05, 4.69) is 30.9 Å². The predicted molar refractivity (Wildman–Crippen MR) is 78.1 cm³/mol. The molecule has 3 nitrogen and oxygen atoms in total. The molecular weight excluding hydrogens is 244 g/mol. The van der Waals surface area contributed by atoms with Crippen molar-refractivity contribution in [3.63, 3.8) is 0 Å². The first kappa shape index (κ1) is 13.3. The first-order chi connectivity index (χ1) is 8.56. The predicted octanol–water partition coefficient (Wildman–Crippen LogP) is 1.99. The minimum absolute atomic E-state index is 0.208. The lowest BCUT2D eigenvalue weighted by Gasteiger charge is -2.28. The molecule has 1 aliphatic rings. The van der Waals surface area contributed by atoms with Crippen LogP contribution < -0.4 is 10.5 Å². The molecule has 2 rings (SSSR count). The standard InChI is InChI=1S/C14H20N2OS/c1-10(2)16(9-14(15)18)8-12-7-11-5-3-4-6-13(11)17-12/h3-6,10,12H,7-9H2,1-2H3,(H2,15,18). The fourth-order valence-corrected chi connectivity index (χ4v) is 2.44. The van der Waals surface area contributed by atoms with Crippen LogP contribution in [-0.2, 0) is 6.42 Å². The highest BCUT2D eigenvalue weighted by Crippen LogP contribution is 2.28. The number of benzene rings is 1. The van der Waals surface area contributed by atoms with Gasteiger partial charge in [0.15, 0.2) is 0 Å². The normalized spacial score (nSPS) is 17.9. The van der Waals surface area contributed by atoms with E-state index in [0.29, 0.717) is 17.6 Å². The van der Waals surface area contributed by atoms with Gasteiger partial charge in [-0.15, -0.1) is 0 Å². The Morgan fingerprint density at radius 3 is 2.83 bits per heavy atom. The largest absolute Gasteiger partial charge is 0.488 e. The van der Waals surface area contributed by atoms with Gasteiger partial charge in [0.25, 0.3) is 0 Å². The number of ether oxygens (including phenoxy) is 1. The molecule has 1 atom stereocenters. The summed E-state index contributed by atoms with van der Waals surface area (Å²) >= 11 is 5.00. The van der Waals surface area contributed by atoms with Gasteiger partial charge >= 0.3 is 0 Å². The minimum Gasteiger partial charge on any atom is -0.488 e. The molecule has 0 radical (unpaired) electrons. The van der Waals surface area contributed by atoms with Crippen LogP contribution in [0.25, 0.3) is 0 Å². The van der Waals surface area contributed by atoms with Crippen molar-refractivity contribution in [1.82, 2.24) is 4.90 Å². The summed E-state index contributed by atoms with van der Waals surface area (Å²) in [5.74, 6) is 1.02. The first-order valence-corrected chi connectivity index (χ1v) is 6.74. The summed E-state index contributed by atoms with van der Waals surface area (Å²) in [4.78, 5) is 2.80. The Labute approximate surface area is 114 Å². The van der Waals surface area contributed by atoms with Crippen LogP contribution in [0.5, 0.6) is 5.75 Å². The molecule has 0 bridgehead atoms. The van der Waals surface area contributed by atoms with Gasteiger partial charge in [-0.25, -0.2) is 0 Å². The van der Waals surface area contributed by atoms with Crippen LogP contribution in [0.4, 0.5) is 0 Å². The van der Waals surface area contributed by atoms with E-state index in [9.17, 15) is 0 Å². The average molecular weight is 264 g/mol. The third-order valence-electron chi connectivity index (χ3n) is 3.24. The SMILES string of the molecule is CC(C)N(CC(N)=S)CC1Cc2ccccc2O1. The second kappa shape index (κ2) is 5.67. The Morgan fingerprint density at radius 1 is 1.50 bits per heavy atom. The molecule has 18 heavy (non-hydrogen) atoms. The van der Waals surface area contributed by atoms with Crippen LogP contribution in [0.15, 0.2) is 24.3 Å². The van der Waals surface area contributed by atoms with Crippen molar-refractivity contribution >= 4 is 17.2 Å². The lowest BCUT2D eigenvalue weighted by atomic mass is 10.1. The van der Waals surface area contributed by atoms with Crippen molar-refractivity contribution < 1.29 is 4.74 Å². The van der Waals surface area contributed by atoms with Crippen LogP contribution in [0, 0.1) is 0 Å². The van der Waals surface area contributed by atoms with E-state index in [1.54, 1.807) is 0 Å². The van der Waals surface area contributed by atoms with E-state index < -0.39 is 0 Å². The number of hydrogen-bond acceptors (Lipinski definition) is 3. The Hall–Kier alpha value is -1.13. The molecule has 0 saturated heterocycles. The molecule has 98 valence electrons. The van der Waals surface area contributed by atoms with Gasteiger partial charge in [0.05, 0.1) is 4.99 Å². The maximum absolute atomic E-state index is 5.94. The average Bonchev–Trinajstić information content (AvgIpc) is 2.69. The minimum atomic E-state index is 0.208. The van der Waals surface area contributed by atoms with Gasteiger partial charge < -0.3 is 10.5 Å². The number of fused-ring (bicyclic) bond motifs is 1. The summed E-state index contributed by atoms with van der Waals surface area (Å²) in [7, 11) is 0. The molecule has 1 unspecified atom stereocenters. The molecule has 0 fully saturated rings. The van der Waals surface area contributed by atoms with E-state index >= 15 is 0 Å². The molecule has 1 aromatic carbocycles. The topological polar surface area (TPSA) is 38.5 Å². The number of para-hydroxylation sites is 1. The van der Waals surface area contributed by atoms with Gasteiger partial charge in [0.1, 0.15) is 11.9 Å². The van der Waals surface area contributed by atoms with Crippen molar-refractivity contribution in [3.05, 3.63) is 29.8 Å². The summed E-state index contributed by atoms with van der Waals surface area (Å²) < 4.78 is 5.94. The molecule has 2 N–H and O–H groups in total. The molecule has 0 saturated carbocycles. The maximum atomic E-state index is 5.94. The zero-order valence-electron chi connectivity index (χ0n) is 10.9. The van der Waals surface area contributed by atoms with E-state index in [0.717, 1.165) is 18.7 Å². The Morgan fingerprint density at radius 2 is 2.22 bits per heavy atom. The molecular formula is C14H20N2OS. The van der Waals surface area contributed by atoms with Gasteiger partial charge in [0, 0.05) is 25.6 Å². The van der Waals surface area contributed by atoms with Crippen LogP contribution in [0.2, 0.25) is 0 Å². The summed E-state index contributed by atoms with van der Waals surface area (Å²) in [6.45, 7) is 5.83. The van der Waals surface area contributed by atoms with Crippen molar-refractivity contribution in [2.45, 2.75) is 32.4 Å². The Bertz CT molecular complexity index is 409. The van der Waals surface area contributed by atoms with Crippen LogP contribution in [0.3, 0.4) is 0 Å². The second-order valence-corrected chi connectivity index (χ2v) is 5.57. The zero-order chi connectivity index (χ0) is 13.1. The van der Waals surface area contributed by atoms with Gasteiger partial charge in [0.2, 0.25) is 0 Å². The first-order valence-electron chi connectivity index (χ1n) is 6.33. The zero-order valence-corrected chi connectivity index (χ0v) is 11.7. The smallest absolute Gasteiger partial charge is 0.123 e. The van der Waals surface area contributed by atoms with Crippen molar-refractivity contribution in [2.75, 3.05) is 13.1 Å². The monoisotopic (exact) mass is 264 g/mol. The van der Waals surface area contributed by atoms with Gasteiger partial charge in [-0.1, -0.05) is 30.4 Å². The van der Waals surface area contributed by atoms with Gasteiger partial charge in [-0.05, 0) is 25.5 Å². The number of thiocarbonyl (C=S) groups is 1. The van der Waals surface area contributed by atoms with E-state index in [1.807, 2.05) is 12.1 Å². The maximum Gasteiger partial charge on any atom is 0.123 e. The van der Waals surface area contributed by atoms with Gasteiger partial charge in [-0.3, -0.25) is 4.90 Å². The number of nitrogens with two attached hydrogens (primary N) is 1. The molecule has 0 aromatic heterocycles. The fourth-order valence-electron chi connectivity index (χ4n) is 2.28. The third-order valence-corrected chi connectivity index (χ3v) is 3.37. The molecule has 0 aliphatic carbocycles. The second-order valence-electron chi connectivity index (χ2n) is 5.04. The van der Waals surface area contributed by atoms with E-state index in [4.69, 9.17) is 22.7 Å². The summed E-state index contributed by atoms with van der Waals surface area (Å²) in [5.41, 5.74) is 6.93. The van der Waals surface area contributed by atoms with Crippen LogP contribution in [0.1, 0.15) is 19.4 Å². The number of rotatable bonds is 5. The Kier molecular flexibility index (Phi) is 4.19. The number of nitrogens with zero attached hydrogens (tertiary/aromatic N) is 1. The van der Waals surface area contributed by atoms with E-state index in [1.165, 1.54) is 5.56 Å². The van der Waals surface area contributed by atoms with Crippen molar-refractivity contribution in [3.8, 4) is 5.75 Å². The third kappa shape index (κ3) is 3.21. The molecule has 0 spiro atoms. The lowest BCUT2D eigenvalue weighted by molar-refractivity contribution is 0.141. The van der Waals surface area contributed by atoms with Crippen LogP contribution in [-0.4, -0.2) is 35.1 Å². The molecule has 1 aliphatic heterocycles. The molecule has 1 aromatic rings. The molecule has 0 amide bonds. The van der Waals surface area contributed by atoms with E-state index in [-0.39, 0.29) is 6.10 Å². The fraction of sp³-hybridized carbons (Fsp3) is 0.500. The number of hydrogen-bond donors (Lipinski definition) is 1. The van der Waals surface area contributed by atoms with Gasteiger partial charge in [-0.2, -0.15) is 0 Å². The Balaban J connectivity index is 1.96. The van der Waals surface area contributed by atoms with Crippen molar-refractivity contribution in [1.29, 1.82) is 0 Å². The molecule has 1 heterocycles. The summed E-state index contributed by atoms with van der Waals surface area (Å²) in [6, 6.07) is 8.64. The highest BCUT2D eigenvalue weighted by Gasteiger charge is 2.25. The molecule has 4 heteroatoms. The van der Waals surface area contributed by atoms with Crippen LogP contribution >= 0.6 is 12.2 Å². The lowest BCUT2D eigenvalue weighted by Crippen LogP contribution is -2.43. The highest BCUT2D eigenvalue weighted by molar-refractivity contribution is 7.80.